The molecule has 0 atom stereocenters. The number of hydrogen-bond donors (Lipinski definition) is 2. The fourth-order valence-electron chi connectivity index (χ4n) is 2.28. The van der Waals surface area contributed by atoms with Crippen molar-refractivity contribution in [2.45, 2.75) is 6.92 Å². The molecule has 0 radical (unpaired) electrons. The van der Waals surface area contributed by atoms with Crippen LogP contribution in [-0.4, -0.2) is 43.9 Å². The van der Waals surface area contributed by atoms with Gasteiger partial charge in [0.2, 0.25) is 0 Å². The molecule has 2 aromatic carbocycles. The first-order valence-electron chi connectivity index (χ1n) is 8.75. The highest BCUT2D eigenvalue weighted by Gasteiger charge is 2.15. The predicted molar refractivity (Wildman–Crippen MR) is 118 cm³/mol. The molecule has 0 bridgehead atoms. The number of carbonyl (C=O) groups excluding carboxylic acids is 2. The number of amides is 1. The Balaban J connectivity index is 2.01. The SMILES string of the molecule is CCOC(=O)c1ccc(NC(=S)NC(=O)c2cc(Br)ccc2OCCOC)cc1. The first kappa shape index (κ1) is 22.8. The van der Waals surface area contributed by atoms with Crippen molar-refractivity contribution in [1.29, 1.82) is 0 Å². The Hall–Kier alpha value is -2.49. The molecule has 2 aromatic rings. The van der Waals surface area contributed by atoms with Crippen molar-refractivity contribution >= 4 is 50.8 Å². The molecule has 0 saturated carbocycles. The molecule has 0 saturated heterocycles. The third kappa shape index (κ3) is 7.12. The first-order chi connectivity index (χ1) is 13.9. The van der Waals surface area contributed by atoms with Crippen LogP contribution in [-0.2, 0) is 9.47 Å². The standard InChI is InChI=1S/C20H21BrN2O5S/c1-3-27-19(25)13-4-7-15(8-5-13)22-20(29)23-18(24)16-12-14(21)6-9-17(16)28-11-10-26-2/h4-9,12H,3,10-11H2,1-2H3,(H2,22,23,24,29). The highest BCUT2D eigenvalue weighted by molar-refractivity contribution is 9.10. The fraction of sp³-hybridized carbons (Fsp3) is 0.250. The van der Waals surface area contributed by atoms with Gasteiger partial charge >= 0.3 is 5.97 Å². The van der Waals surface area contributed by atoms with Gasteiger partial charge in [0.15, 0.2) is 5.11 Å². The molecule has 2 rings (SSSR count). The second kappa shape index (κ2) is 11.5. The molecule has 0 spiro atoms. The van der Waals surface area contributed by atoms with Crippen molar-refractivity contribution in [3.8, 4) is 5.75 Å². The summed E-state index contributed by atoms with van der Waals surface area (Å²) in [5.41, 5.74) is 1.38. The number of methoxy groups -OCH3 is 1. The fourth-order valence-corrected chi connectivity index (χ4v) is 2.85. The number of hydrogen-bond acceptors (Lipinski definition) is 6. The van der Waals surface area contributed by atoms with Crippen molar-refractivity contribution in [2.24, 2.45) is 0 Å². The normalized spacial score (nSPS) is 10.2. The van der Waals surface area contributed by atoms with E-state index in [1.54, 1.807) is 56.5 Å². The maximum Gasteiger partial charge on any atom is 0.338 e. The van der Waals surface area contributed by atoms with Crippen LogP contribution in [0.2, 0.25) is 0 Å². The summed E-state index contributed by atoms with van der Waals surface area (Å²) in [5.74, 6) is -0.394. The van der Waals surface area contributed by atoms with Crippen molar-refractivity contribution in [2.75, 3.05) is 32.2 Å². The zero-order chi connectivity index (χ0) is 21.2. The van der Waals surface area contributed by atoms with Crippen LogP contribution in [0.25, 0.3) is 0 Å². The van der Waals surface area contributed by atoms with E-state index in [2.05, 4.69) is 26.6 Å². The number of esters is 1. The van der Waals surface area contributed by atoms with Crippen LogP contribution in [0.3, 0.4) is 0 Å². The van der Waals surface area contributed by atoms with Gasteiger partial charge < -0.3 is 19.5 Å². The lowest BCUT2D eigenvalue weighted by molar-refractivity contribution is 0.0526. The van der Waals surface area contributed by atoms with Crippen molar-refractivity contribution in [3.05, 3.63) is 58.1 Å². The summed E-state index contributed by atoms with van der Waals surface area (Å²) < 4.78 is 16.2. The zero-order valence-electron chi connectivity index (χ0n) is 16.0. The minimum Gasteiger partial charge on any atom is -0.490 e. The Morgan fingerprint density at radius 3 is 2.48 bits per heavy atom. The summed E-state index contributed by atoms with van der Waals surface area (Å²) in [5, 5.41) is 5.63. The average Bonchev–Trinajstić information content (AvgIpc) is 2.69. The van der Waals surface area contributed by atoms with E-state index in [-0.39, 0.29) is 5.11 Å². The van der Waals surface area contributed by atoms with Gasteiger partial charge in [0.25, 0.3) is 5.91 Å². The molecule has 154 valence electrons. The van der Waals surface area contributed by atoms with Gasteiger partial charge in [-0.15, -0.1) is 0 Å². The zero-order valence-corrected chi connectivity index (χ0v) is 18.4. The average molecular weight is 481 g/mol. The number of benzene rings is 2. The second-order valence-electron chi connectivity index (χ2n) is 5.69. The monoisotopic (exact) mass is 480 g/mol. The number of halogens is 1. The first-order valence-corrected chi connectivity index (χ1v) is 9.95. The van der Waals surface area contributed by atoms with Gasteiger partial charge in [-0.25, -0.2) is 4.79 Å². The lowest BCUT2D eigenvalue weighted by Crippen LogP contribution is -2.34. The van der Waals surface area contributed by atoms with E-state index in [1.165, 1.54) is 0 Å². The van der Waals surface area contributed by atoms with Gasteiger partial charge in [0, 0.05) is 17.3 Å². The van der Waals surface area contributed by atoms with Crippen LogP contribution in [0.1, 0.15) is 27.6 Å². The summed E-state index contributed by atoms with van der Waals surface area (Å²) in [6.07, 6.45) is 0. The topological polar surface area (TPSA) is 85.9 Å². The largest absolute Gasteiger partial charge is 0.490 e. The third-order valence-electron chi connectivity index (χ3n) is 3.61. The number of carbonyl (C=O) groups is 2. The van der Waals surface area contributed by atoms with E-state index in [9.17, 15) is 9.59 Å². The maximum atomic E-state index is 12.6. The van der Waals surface area contributed by atoms with E-state index in [4.69, 9.17) is 26.4 Å². The van der Waals surface area contributed by atoms with Gasteiger partial charge in [-0.05, 0) is 61.6 Å². The number of rotatable bonds is 8. The minimum absolute atomic E-state index is 0.113. The molecular weight excluding hydrogens is 460 g/mol. The van der Waals surface area contributed by atoms with E-state index in [1.807, 2.05) is 0 Å². The van der Waals surface area contributed by atoms with Gasteiger partial charge in [0.05, 0.1) is 24.3 Å². The predicted octanol–water partition coefficient (Wildman–Crippen LogP) is 3.78. The van der Waals surface area contributed by atoms with Gasteiger partial charge in [-0.2, -0.15) is 0 Å². The molecule has 0 aliphatic heterocycles. The smallest absolute Gasteiger partial charge is 0.338 e. The number of anilines is 1. The molecule has 0 fully saturated rings. The molecule has 0 unspecified atom stereocenters. The molecule has 0 heterocycles. The van der Waals surface area contributed by atoms with Crippen LogP contribution in [0.4, 0.5) is 5.69 Å². The third-order valence-corrected chi connectivity index (χ3v) is 4.31. The minimum atomic E-state index is -0.417. The van der Waals surface area contributed by atoms with Gasteiger partial charge in [-0.1, -0.05) is 15.9 Å². The molecule has 0 aromatic heterocycles. The van der Waals surface area contributed by atoms with Crippen LogP contribution < -0.4 is 15.4 Å². The molecule has 0 aliphatic rings. The summed E-state index contributed by atoms with van der Waals surface area (Å²) in [7, 11) is 1.57. The van der Waals surface area contributed by atoms with Gasteiger partial charge in [0.1, 0.15) is 12.4 Å². The molecule has 29 heavy (non-hydrogen) atoms. The van der Waals surface area contributed by atoms with E-state index >= 15 is 0 Å². The Labute approximate surface area is 182 Å². The Morgan fingerprint density at radius 1 is 1.10 bits per heavy atom. The molecule has 1 amide bonds. The highest BCUT2D eigenvalue weighted by Crippen LogP contribution is 2.23. The number of ether oxygens (including phenoxy) is 3. The maximum absolute atomic E-state index is 12.6. The Bertz CT molecular complexity index is 874. The van der Waals surface area contributed by atoms with Gasteiger partial charge in [-0.3, -0.25) is 10.1 Å². The summed E-state index contributed by atoms with van der Waals surface area (Å²) >= 11 is 8.56. The summed E-state index contributed by atoms with van der Waals surface area (Å²) in [6, 6.07) is 11.7. The lowest BCUT2D eigenvalue weighted by Gasteiger charge is -2.13. The van der Waals surface area contributed by atoms with E-state index in [0.29, 0.717) is 42.4 Å². The van der Waals surface area contributed by atoms with Crippen LogP contribution in [0, 0.1) is 0 Å². The molecule has 2 N–H and O–H groups in total. The summed E-state index contributed by atoms with van der Waals surface area (Å²) in [4.78, 5) is 24.3. The highest BCUT2D eigenvalue weighted by atomic mass is 79.9. The Morgan fingerprint density at radius 2 is 1.83 bits per heavy atom. The van der Waals surface area contributed by atoms with E-state index < -0.39 is 11.9 Å². The summed E-state index contributed by atoms with van der Waals surface area (Å²) in [6.45, 7) is 2.77. The second-order valence-corrected chi connectivity index (χ2v) is 7.01. The van der Waals surface area contributed by atoms with Crippen LogP contribution in [0.5, 0.6) is 5.75 Å². The molecule has 0 aliphatic carbocycles. The van der Waals surface area contributed by atoms with Crippen LogP contribution in [0.15, 0.2) is 46.9 Å². The van der Waals surface area contributed by atoms with Crippen molar-refractivity contribution in [3.63, 3.8) is 0 Å². The van der Waals surface area contributed by atoms with Crippen molar-refractivity contribution < 1.29 is 23.8 Å². The quantitative estimate of drug-likeness (QED) is 0.337. The lowest BCUT2D eigenvalue weighted by atomic mass is 10.2. The van der Waals surface area contributed by atoms with Crippen molar-refractivity contribution in [1.82, 2.24) is 5.32 Å². The molecule has 9 heteroatoms. The molecule has 7 nitrogen and oxygen atoms in total. The Kier molecular flexibility index (Phi) is 9.04. The number of nitrogens with one attached hydrogen (secondary N) is 2. The molecular formula is C20H21BrN2O5S. The van der Waals surface area contributed by atoms with E-state index in [0.717, 1.165) is 4.47 Å². The van der Waals surface area contributed by atoms with Crippen LogP contribution >= 0.6 is 28.1 Å². The number of thiocarbonyl (C=S) groups is 1.